The molecule has 6 nitrogen and oxygen atoms in total. The van der Waals surface area contributed by atoms with Gasteiger partial charge in [-0.2, -0.15) is 0 Å². The number of fused-ring (bicyclic) bond motifs is 1. The summed E-state index contributed by atoms with van der Waals surface area (Å²) in [7, 11) is -3.14. The highest BCUT2D eigenvalue weighted by Gasteiger charge is 2.32. The summed E-state index contributed by atoms with van der Waals surface area (Å²) in [4.78, 5) is 6.47. The van der Waals surface area contributed by atoms with Crippen LogP contribution in [0, 0.1) is 0 Å². The Balaban J connectivity index is 1.69. The van der Waals surface area contributed by atoms with Crippen LogP contribution in [0.4, 0.5) is 11.4 Å². The van der Waals surface area contributed by atoms with Gasteiger partial charge in [0.2, 0.25) is 0 Å². The van der Waals surface area contributed by atoms with E-state index in [1.54, 1.807) is 6.21 Å². The Hall–Kier alpha value is -2.09. The summed E-state index contributed by atoms with van der Waals surface area (Å²) in [5, 5.41) is 10.8. The summed E-state index contributed by atoms with van der Waals surface area (Å²) in [6.45, 7) is 2.24. The summed E-state index contributed by atoms with van der Waals surface area (Å²) >= 11 is 6.58. The number of rotatable bonds is 5. The molecule has 1 aliphatic heterocycles. The van der Waals surface area contributed by atoms with Crippen LogP contribution in [0.5, 0.6) is 5.75 Å². The average molecular weight is 463 g/mol. The molecule has 0 radical (unpaired) electrons. The molecule has 2 aliphatic rings. The molecule has 4 rings (SSSR count). The number of aliphatic hydroxyl groups is 1. The van der Waals surface area contributed by atoms with Gasteiger partial charge in [0.15, 0.2) is 15.6 Å². The molecule has 166 valence electrons. The number of hydrogen-bond donors (Lipinski definition) is 1. The zero-order valence-corrected chi connectivity index (χ0v) is 19.3. The lowest BCUT2D eigenvalue weighted by atomic mass is 9.85. The predicted octanol–water partition coefficient (Wildman–Crippen LogP) is 4.49. The predicted molar refractivity (Wildman–Crippen MR) is 125 cm³/mol. The number of benzene rings is 2. The van der Waals surface area contributed by atoms with Crippen LogP contribution >= 0.6 is 11.6 Å². The molecular formula is C23H27ClN2O4S. The van der Waals surface area contributed by atoms with E-state index in [0.29, 0.717) is 30.3 Å². The standard InChI is InChI=1S/C23H27ClN2O4S/c1-23(27)10-8-19(9-11-23)30-22-20(24)7-6-17-13-25-15-26(21(17)22)18-5-3-4-16(12-18)14-31(2,28)29/h3-7,12-13,19,27H,8-11,14-15H2,1-2H3. The first-order chi connectivity index (χ1) is 14.6. The summed E-state index contributed by atoms with van der Waals surface area (Å²) in [6.07, 6.45) is 5.89. The molecule has 2 aromatic carbocycles. The topological polar surface area (TPSA) is 79.2 Å². The van der Waals surface area contributed by atoms with E-state index in [2.05, 4.69) is 4.99 Å². The Morgan fingerprint density at radius 1 is 1.26 bits per heavy atom. The lowest BCUT2D eigenvalue weighted by Crippen LogP contribution is -2.35. The first-order valence-corrected chi connectivity index (χ1v) is 12.8. The van der Waals surface area contributed by atoms with Crippen LogP contribution < -0.4 is 9.64 Å². The highest BCUT2D eigenvalue weighted by atomic mass is 35.5. The van der Waals surface area contributed by atoms with Gasteiger partial charge in [0, 0.05) is 23.7 Å². The zero-order chi connectivity index (χ0) is 22.2. The molecule has 0 spiro atoms. The third kappa shape index (κ3) is 5.22. The van der Waals surface area contributed by atoms with Gasteiger partial charge in [-0.25, -0.2) is 8.42 Å². The molecule has 1 N–H and O–H groups in total. The van der Waals surface area contributed by atoms with Crippen molar-refractivity contribution >= 4 is 39.0 Å². The monoisotopic (exact) mass is 462 g/mol. The highest BCUT2D eigenvalue weighted by Crippen LogP contribution is 2.44. The molecule has 31 heavy (non-hydrogen) atoms. The fraction of sp³-hybridized carbons (Fsp3) is 0.435. The van der Waals surface area contributed by atoms with Crippen LogP contribution in [0.3, 0.4) is 0 Å². The van der Waals surface area contributed by atoms with Gasteiger partial charge in [-0.3, -0.25) is 4.99 Å². The van der Waals surface area contributed by atoms with Crippen molar-refractivity contribution < 1.29 is 18.3 Å². The molecule has 1 fully saturated rings. The van der Waals surface area contributed by atoms with Crippen LogP contribution in [0.2, 0.25) is 5.02 Å². The smallest absolute Gasteiger partial charge is 0.162 e. The molecule has 0 bridgehead atoms. The van der Waals surface area contributed by atoms with Crippen LogP contribution in [-0.2, 0) is 15.6 Å². The minimum atomic E-state index is -3.14. The maximum Gasteiger partial charge on any atom is 0.162 e. The van der Waals surface area contributed by atoms with Gasteiger partial charge in [0.1, 0.15) is 6.67 Å². The second kappa shape index (κ2) is 8.45. The first kappa shape index (κ1) is 22.1. The summed E-state index contributed by atoms with van der Waals surface area (Å²) in [5.74, 6) is 0.580. The van der Waals surface area contributed by atoms with E-state index < -0.39 is 15.4 Å². The SMILES string of the molecule is CC1(O)CCC(Oc2c(Cl)ccc3c2N(c2cccc(CS(C)(=O)=O)c2)CN=C3)CC1. The number of hydrogen-bond acceptors (Lipinski definition) is 6. The van der Waals surface area contributed by atoms with Crippen LogP contribution in [0.1, 0.15) is 43.7 Å². The van der Waals surface area contributed by atoms with Crippen molar-refractivity contribution in [2.75, 3.05) is 17.8 Å². The second-order valence-electron chi connectivity index (χ2n) is 8.75. The molecule has 0 unspecified atom stereocenters. The van der Waals surface area contributed by atoms with Crippen molar-refractivity contribution in [2.24, 2.45) is 4.99 Å². The van der Waals surface area contributed by atoms with Crippen molar-refractivity contribution in [1.82, 2.24) is 0 Å². The van der Waals surface area contributed by atoms with Crippen molar-refractivity contribution in [3.8, 4) is 5.75 Å². The second-order valence-corrected chi connectivity index (χ2v) is 11.3. The van der Waals surface area contributed by atoms with Gasteiger partial charge in [-0.05, 0) is 62.4 Å². The van der Waals surface area contributed by atoms with E-state index in [4.69, 9.17) is 16.3 Å². The van der Waals surface area contributed by atoms with E-state index >= 15 is 0 Å². The van der Waals surface area contributed by atoms with Gasteiger partial charge in [0.25, 0.3) is 0 Å². The van der Waals surface area contributed by atoms with Gasteiger partial charge in [0.05, 0.1) is 28.2 Å². The normalized spacial score (nSPS) is 23.5. The Labute approximate surface area is 188 Å². The van der Waals surface area contributed by atoms with Gasteiger partial charge in [-0.15, -0.1) is 0 Å². The minimum absolute atomic E-state index is 0.0221. The van der Waals surface area contributed by atoms with E-state index in [9.17, 15) is 13.5 Å². The van der Waals surface area contributed by atoms with Crippen molar-refractivity contribution in [2.45, 2.75) is 50.1 Å². The quantitative estimate of drug-likeness (QED) is 0.708. The van der Waals surface area contributed by atoms with Gasteiger partial charge < -0.3 is 14.7 Å². The molecule has 0 aromatic heterocycles. The van der Waals surface area contributed by atoms with Gasteiger partial charge >= 0.3 is 0 Å². The largest absolute Gasteiger partial charge is 0.487 e. The lowest BCUT2D eigenvalue weighted by molar-refractivity contribution is -0.0107. The van der Waals surface area contributed by atoms with Crippen LogP contribution in [0.25, 0.3) is 0 Å². The molecule has 0 saturated heterocycles. The molecule has 1 aliphatic carbocycles. The number of ether oxygens (including phenoxy) is 1. The molecular weight excluding hydrogens is 436 g/mol. The molecule has 1 heterocycles. The highest BCUT2D eigenvalue weighted by molar-refractivity contribution is 7.89. The lowest BCUT2D eigenvalue weighted by Gasteiger charge is -2.35. The number of nitrogens with zero attached hydrogens (tertiary/aromatic N) is 2. The molecule has 8 heteroatoms. The fourth-order valence-corrected chi connectivity index (χ4v) is 5.16. The zero-order valence-electron chi connectivity index (χ0n) is 17.7. The third-order valence-corrected chi connectivity index (χ3v) is 6.94. The van der Waals surface area contributed by atoms with E-state index in [0.717, 1.165) is 35.3 Å². The maximum absolute atomic E-state index is 11.8. The first-order valence-electron chi connectivity index (χ1n) is 10.4. The Kier molecular flexibility index (Phi) is 6.03. The van der Waals surface area contributed by atoms with E-state index in [1.807, 2.05) is 48.2 Å². The summed E-state index contributed by atoms with van der Waals surface area (Å²) in [5.41, 5.74) is 2.63. The number of anilines is 2. The summed E-state index contributed by atoms with van der Waals surface area (Å²) in [6, 6.07) is 11.2. The number of halogens is 1. The van der Waals surface area contributed by atoms with Crippen molar-refractivity contribution in [3.05, 3.63) is 52.5 Å². The van der Waals surface area contributed by atoms with Crippen molar-refractivity contribution in [3.63, 3.8) is 0 Å². The van der Waals surface area contributed by atoms with Gasteiger partial charge in [-0.1, -0.05) is 23.7 Å². The third-order valence-electron chi connectivity index (χ3n) is 5.78. The van der Waals surface area contributed by atoms with Crippen LogP contribution in [0.15, 0.2) is 41.4 Å². The maximum atomic E-state index is 11.8. The Morgan fingerprint density at radius 2 is 2.00 bits per heavy atom. The van der Waals surface area contributed by atoms with Crippen LogP contribution in [-0.4, -0.2) is 44.4 Å². The molecule has 0 amide bonds. The van der Waals surface area contributed by atoms with E-state index in [-0.39, 0.29) is 11.9 Å². The summed E-state index contributed by atoms with van der Waals surface area (Å²) < 4.78 is 29.9. The minimum Gasteiger partial charge on any atom is -0.487 e. The Bertz CT molecular complexity index is 1100. The number of sulfone groups is 1. The number of aliphatic imine (C=N–C) groups is 1. The molecule has 1 saturated carbocycles. The van der Waals surface area contributed by atoms with Crippen molar-refractivity contribution in [1.29, 1.82) is 0 Å². The fourth-order valence-electron chi connectivity index (χ4n) is 4.17. The molecule has 0 atom stereocenters. The Morgan fingerprint density at radius 3 is 2.71 bits per heavy atom. The van der Waals surface area contributed by atoms with E-state index in [1.165, 1.54) is 6.26 Å². The average Bonchev–Trinajstić information content (AvgIpc) is 2.70. The molecule has 2 aromatic rings.